The summed E-state index contributed by atoms with van der Waals surface area (Å²) >= 11 is 0. The number of benzene rings is 8. The summed E-state index contributed by atoms with van der Waals surface area (Å²) in [7, 11) is 0. The van der Waals surface area contributed by atoms with Crippen LogP contribution in [-0.4, -0.2) is 112 Å². The summed E-state index contributed by atoms with van der Waals surface area (Å²) in [5, 5.41) is 10.6. The Balaban J connectivity index is 0.000000164. The third kappa shape index (κ3) is 25.2. The van der Waals surface area contributed by atoms with Gasteiger partial charge in [0, 0.05) is 209 Å². The van der Waals surface area contributed by atoms with Crippen molar-refractivity contribution in [2.24, 2.45) is 20.0 Å². The van der Waals surface area contributed by atoms with Crippen LogP contribution >= 0.6 is 0 Å². The van der Waals surface area contributed by atoms with Crippen LogP contribution in [0.15, 0.2) is 374 Å². The lowest BCUT2D eigenvalue weighted by Crippen LogP contribution is -2.14. The Morgan fingerprint density at radius 1 is 0.312 bits per heavy atom. The van der Waals surface area contributed by atoms with Crippen molar-refractivity contribution in [3.05, 3.63) is 466 Å². The molecular weight excluding hydrogens is 1800 g/mol. The van der Waals surface area contributed by atoms with Gasteiger partial charge < -0.3 is 59.5 Å². The molecule has 0 radical (unpaired) electrons. The number of aryl methyl sites for hydroxylation is 8. The van der Waals surface area contributed by atoms with E-state index in [1.165, 1.54) is 18.4 Å². The zero-order chi connectivity index (χ0) is 138. The fourth-order valence-corrected chi connectivity index (χ4v) is 13.3. The van der Waals surface area contributed by atoms with Crippen molar-refractivity contribution in [3.63, 3.8) is 0 Å². The molecule has 0 unspecified atom stereocenters. The highest BCUT2D eigenvalue weighted by Gasteiger charge is 2.18. The van der Waals surface area contributed by atoms with Gasteiger partial charge in [0.15, 0.2) is 0 Å². The summed E-state index contributed by atoms with van der Waals surface area (Å²) in [6, 6.07) is 8.66. The first-order valence-corrected chi connectivity index (χ1v) is 42.8. The Morgan fingerprint density at radius 2 is 0.618 bits per heavy atom. The summed E-state index contributed by atoms with van der Waals surface area (Å²) < 4.78 is 369. The number of nitrogens with zero attached hydrogens (tertiary/aromatic N) is 18. The van der Waals surface area contributed by atoms with Gasteiger partial charge in [0.05, 0.1) is 122 Å². The highest BCUT2D eigenvalue weighted by molar-refractivity contribution is 6.07. The maximum atomic E-state index is 13.6. The number of hydrogen-bond donors (Lipinski definition) is 8. The summed E-state index contributed by atoms with van der Waals surface area (Å²) in [5.41, 5.74) is -0.689. The number of amides is 4. The van der Waals surface area contributed by atoms with Gasteiger partial charge in [-0.2, -0.15) is 0 Å². The monoisotopic (exact) mass is 1940 g/mol. The number of anilines is 4. The summed E-state index contributed by atoms with van der Waals surface area (Å²) in [4.78, 5) is 120. The normalized spacial score (nSPS) is 16.0. The third-order valence-corrected chi connectivity index (χ3v) is 19.9. The van der Waals surface area contributed by atoms with E-state index in [9.17, 15) is 19.2 Å². The van der Waals surface area contributed by atoms with E-state index in [-0.39, 0.29) is 86.0 Å². The number of carbonyl (C=O) groups is 4. The topological polar surface area (TPSA) is 378 Å². The number of pyridine rings is 4. The Hall–Kier alpha value is -19.3. The molecule has 4 amide bonds. The number of imidazole rings is 2. The van der Waals surface area contributed by atoms with E-state index in [1.54, 1.807) is 116 Å². The molecule has 0 saturated heterocycles. The van der Waals surface area contributed by atoms with Gasteiger partial charge in [-0.05, 0) is 344 Å². The number of rotatable bonds is 20. The molecule has 20 rings (SSSR count). The van der Waals surface area contributed by atoms with Gasteiger partial charge in [0.25, 0.3) is 23.6 Å². The van der Waals surface area contributed by atoms with Gasteiger partial charge in [-0.15, -0.1) is 0 Å². The molecule has 0 aliphatic rings. The van der Waals surface area contributed by atoms with Gasteiger partial charge in [0.2, 0.25) is 22.5 Å². The first-order chi connectivity index (χ1) is 87.9. The maximum Gasteiger partial charge on any atom is 0.255 e. The molecule has 8 N–H and O–H groups in total. The van der Waals surface area contributed by atoms with E-state index < -0.39 is 329 Å². The smallest absolute Gasteiger partial charge is 0.255 e. The Morgan fingerprint density at radius 3 is 0.903 bits per heavy atom. The van der Waals surface area contributed by atoms with Crippen LogP contribution in [0, 0.1) is 82.9 Å². The minimum atomic E-state index is -3.11. The standard InChI is InChI=1S/2C29H26N6O.2C28H25N7O/c2*1-19-9-12-35(18-19)25-14-20(2)13-24(16-25)32-28(36)22-7-6-21(3)27(15-22)34-29-31-11-8-26(33-29)23-5-4-10-30-17-23;2*1-18-11-23(14-24(12-18)35-16-20(3)31-17-35)32-27(36)21-7-6-19(2)26(13-21)34-28-30-10-8-25(33-28)22-5-4-9-29-15-22/h2*4-18H,1-3H3,(H,32,36)(H,31,33,34);2*4-17H,1-3H3,(H,32,36)(H,30,33,34)/i4D,5D,6D,7D,8D,10D,11D,12D,15D,17D,18D;3D3,4D,5D,6D,7D,8D,10D,11D,15D,17D;2D3,4D,5D,6D,7D,8D,9D,10D,13D,15D;4D,5D,6D,7D,8D,9D,10D,13D,15D. The highest BCUT2D eigenvalue weighted by Crippen LogP contribution is 2.31. The molecule has 12 aromatic heterocycles. The average Bonchev–Trinajstić information content (AvgIpc) is 0.787. The average molecular weight is 1940 g/mol. The number of hydrogen-bond acceptors (Lipinski definition) is 18. The van der Waals surface area contributed by atoms with Crippen molar-refractivity contribution in [1.29, 1.82) is 0 Å². The lowest BCUT2D eigenvalue weighted by atomic mass is 10.1. The van der Waals surface area contributed by atoms with Crippen molar-refractivity contribution in [1.82, 2.24) is 88.0 Å². The first-order valence-electron chi connectivity index (χ1n) is 64.8. The highest BCUT2D eigenvalue weighted by atomic mass is 16.2. The fraction of sp³-hybridized carbons (Fsp3) is 0.105. The molecule has 144 heavy (non-hydrogen) atoms. The van der Waals surface area contributed by atoms with E-state index in [0.717, 1.165) is 39.3 Å². The van der Waals surface area contributed by atoms with Gasteiger partial charge in [-0.3, -0.25) is 39.1 Å². The minimum absolute atomic E-state index is 0.0394. The second kappa shape index (κ2) is 44.5. The Bertz CT molecular complexity index is 10900. The van der Waals surface area contributed by atoms with Crippen LogP contribution in [0.25, 0.3) is 67.8 Å². The summed E-state index contributed by atoms with van der Waals surface area (Å²) in [6.45, 7) is 11.1. The number of aromatic nitrogens is 18. The second-order valence-electron chi connectivity index (χ2n) is 31.3. The molecule has 8 aromatic carbocycles. The number of aromatic amines is 4. The number of carbonyl (C=O) groups excluding carboxylic acids is 4. The molecule has 30 nitrogen and oxygen atoms in total. The minimum Gasteiger partial charge on any atom is -0.324 e. The van der Waals surface area contributed by atoms with Crippen LogP contribution in [0.4, 0.5) is 45.5 Å². The molecule has 0 bridgehead atoms. The molecular formula is C114H102N26O4. The molecule has 20 aromatic rings. The van der Waals surface area contributed by atoms with Crippen molar-refractivity contribution in [3.8, 4) is 67.8 Å². The summed E-state index contributed by atoms with van der Waals surface area (Å²) in [6.07, 6.45) is 2.93. The second-order valence-corrected chi connectivity index (χ2v) is 31.3. The molecule has 0 saturated carbocycles. The molecule has 712 valence electrons. The van der Waals surface area contributed by atoms with Gasteiger partial charge in [0.1, 0.15) is 0 Å². The molecule has 30 heteroatoms. The number of nitrogens with one attached hydrogen (secondary N) is 8. The van der Waals surface area contributed by atoms with Gasteiger partial charge in [-0.25, -0.2) is 49.9 Å². The van der Waals surface area contributed by atoms with E-state index in [1.807, 2.05) is 75.1 Å². The molecule has 0 spiro atoms. The first kappa shape index (κ1) is 56.0. The van der Waals surface area contributed by atoms with E-state index in [4.69, 9.17) is 60.3 Å². The third-order valence-electron chi connectivity index (χ3n) is 19.9. The van der Waals surface area contributed by atoms with E-state index >= 15 is 0 Å². The van der Waals surface area contributed by atoms with Crippen molar-refractivity contribution in [2.45, 2.75) is 82.9 Å². The van der Waals surface area contributed by atoms with E-state index in [2.05, 4.69) is 111 Å². The molecule has 0 aliphatic heterocycles. The lowest BCUT2D eigenvalue weighted by molar-refractivity contribution is 0.101. The van der Waals surface area contributed by atoms with Gasteiger partial charge in [-0.1, -0.05) is 24.2 Å². The van der Waals surface area contributed by atoms with E-state index in [0.29, 0.717) is 39.6 Å². The van der Waals surface area contributed by atoms with Crippen LogP contribution in [0.3, 0.4) is 0 Å². The Labute approximate surface area is 891 Å². The van der Waals surface area contributed by atoms with Gasteiger partial charge >= 0.3 is 0 Å². The van der Waals surface area contributed by atoms with Crippen LogP contribution < -0.4 is 43.7 Å². The zero-order valence-electron chi connectivity index (χ0n) is 121. The summed E-state index contributed by atoms with van der Waals surface area (Å²) in [5.74, 6) is -3.72. The van der Waals surface area contributed by atoms with Crippen molar-refractivity contribution in [2.75, 3.05) is 21.3 Å². The van der Waals surface area contributed by atoms with Crippen molar-refractivity contribution < 1.29 is 79.5 Å². The zero-order valence-corrected chi connectivity index (χ0v) is 77.2. The molecule has 0 fully saturated rings. The molecule has 12 heterocycles. The quantitative estimate of drug-likeness (QED) is 0.0352. The van der Waals surface area contributed by atoms with Crippen LogP contribution in [0.1, 0.15) is 169 Å². The Kier molecular flexibility index (Phi) is 17.3. The van der Waals surface area contributed by atoms with Crippen molar-refractivity contribution >= 4 is 69.1 Å². The fourth-order valence-electron chi connectivity index (χ4n) is 13.3. The predicted octanol–water partition coefficient (Wildman–Crippen LogP) is 21.5. The number of H-pyrrole nitrogens is 4. The predicted molar refractivity (Wildman–Crippen MR) is 561 cm³/mol. The largest absolute Gasteiger partial charge is 0.324 e. The SMILES string of the molecule is [2H]c1nc(=Nc2c([2H])c(C(=O)Nc3cc(C)cc(-n4c([2H])cc(C)c4[2H])c3)c([2H])c([2H])c2C)[nH]c(-c2c([2H])nc([2H])c([2H])c2[2H])c1[2H].[2H]c1nc(=Nc2c([2H])c(C(=O)Nc3cc(C)cc(-n4ccc(C)c4)c3)c([2H])c([2H])c2C([2H])([2H])[2H])[nH]c(-c2c([2H])nc([2H])c([2H])c2[2H])c1[2H].[2H]c1nc(=Nc2c([2H])c(C(=O)Nc3cc(C)cc(-n4cnc(C)c4)c3)c([2H])c([2H])c2C([2H])([2H])[2H])[nH]c(-c2c([2H])nc([2H])c([2H])c2[2H])c1[2H].[2H]c1nc(=Nc2c([2H])c(C(=O)Nc3cc(C)cc(-n4cnc(C)c4)c3)c([2H])c([2H])c2C)[nH]c(-c2c([2H])nc([2H])c([2H])c2[2H])c1[2H]. The lowest BCUT2D eigenvalue weighted by Gasteiger charge is -2.11. The van der Waals surface area contributed by atoms with Crippen LogP contribution in [0.2, 0.25) is 0 Å². The molecule has 0 aliphatic carbocycles. The van der Waals surface area contributed by atoms with Crippen LogP contribution in [-0.2, 0) is 0 Å². The molecule has 0 atom stereocenters. The maximum absolute atomic E-state index is 13.6. The van der Waals surface area contributed by atoms with Crippen LogP contribution in [0.5, 0.6) is 0 Å².